The smallest absolute Gasteiger partial charge is 0.338 e. The van der Waals surface area contributed by atoms with Gasteiger partial charge in [-0.3, -0.25) is 9.36 Å². The predicted molar refractivity (Wildman–Crippen MR) is 172 cm³/mol. The van der Waals surface area contributed by atoms with Crippen molar-refractivity contribution in [2.24, 2.45) is 4.99 Å². The minimum Gasteiger partial charge on any atom is -0.487 e. The Hall–Kier alpha value is -2.89. The molecule has 0 saturated heterocycles. The van der Waals surface area contributed by atoms with E-state index in [4.69, 9.17) is 37.1 Å². The van der Waals surface area contributed by atoms with Crippen LogP contribution in [0.25, 0.3) is 17.4 Å². The number of halogens is 4. The number of fused-ring (bicyclic) bond motifs is 1. The van der Waals surface area contributed by atoms with Gasteiger partial charge >= 0.3 is 5.97 Å². The van der Waals surface area contributed by atoms with Gasteiger partial charge in [-0.05, 0) is 99.8 Å². The van der Waals surface area contributed by atoms with Crippen molar-refractivity contribution >= 4 is 78.4 Å². The second-order valence-corrected chi connectivity index (χ2v) is 12.6. The van der Waals surface area contributed by atoms with Crippen LogP contribution in [0.4, 0.5) is 0 Å². The fourth-order valence-electron chi connectivity index (χ4n) is 4.46. The third-order valence-corrected chi connectivity index (χ3v) is 9.18. The number of thiazole rings is 1. The molecule has 2 aromatic carbocycles. The zero-order valence-electron chi connectivity index (χ0n) is 22.3. The molecule has 0 bridgehead atoms. The number of nitrogens with zero attached hydrogens (tertiary/aromatic N) is 2. The molecule has 0 aliphatic carbocycles. The summed E-state index contributed by atoms with van der Waals surface area (Å²) in [5, 5.41) is 0.794. The Kier molecular flexibility index (Phi) is 9.29. The summed E-state index contributed by atoms with van der Waals surface area (Å²) in [4.78, 5) is 32.2. The molecule has 216 valence electrons. The van der Waals surface area contributed by atoms with Gasteiger partial charge in [-0.1, -0.05) is 47.2 Å². The number of carbonyl (C=O) groups excluding carboxylic acids is 1. The van der Waals surface area contributed by atoms with Crippen molar-refractivity contribution in [3.05, 3.63) is 116 Å². The highest BCUT2D eigenvalue weighted by molar-refractivity contribution is 9.11. The summed E-state index contributed by atoms with van der Waals surface area (Å²) in [6.45, 7) is 7.62. The Labute approximate surface area is 271 Å². The van der Waals surface area contributed by atoms with Crippen LogP contribution < -0.4 is 19.6 Å². The largest absolute Gasteiger partial charge is 0.487 e. The van der Waals surface area contributed by atoms with Crippen LogP contribution in [0.1, 0.15) is 31.2 Å². The number of carbonyl (C=O) groups is 1. The molecule has 1 atom stereocenters. The first-order valence-electron chi connectivity index (χ1n) is 12.6. The van der Waals surface area contributed by atoms with E-state index in [1.165, 1.54) is 15.9 Å². The Morgan fingerprint density at radius 2 is 1.90 bits per heavy atom. The Morgan fingerprint density at radius 1 is 1.17 bits per heavy atom. The molecule has 0 spiro atoms. The topological polar surface area (TPSA) is 83.0 Å². The summed E-state index contributed by atoms with van der Waals surface area (Å²) in [7, 11) is 0. The third-order valence-electron chi connectivity index (χ3n) is 6.28. The highest BCUT2D eigenvalue weighted by atomic mass is 79.9. The number of benzene rings is 2. The predicted octanol–water partition coefficient (Wildman–Crippen LogP) is 7.45. The molecule has 12 heteroatoms. The van der Waals surface area contributed by atoms with Gasteiger partial charge in [-0.2, -0.15) is 0 Å². The molecular weight excluding hydrogens is 731 g/mol. The summed E-state index contributed by atoms with van der Waals surface area (Å²) < 4.78 is 20.6. The lowest BCUT2D eigenvalue weighted by molar-refractivity contribution is -0.139. The SMILES string of the molecule is C=CCOc1c(Br)cc(/C=c2\sc3n(c2=O)[C@@H](c2ccc(-c4ccc(Cl)c(Cl)c4)o2)C(C(=O)OCC)=C(C)N=3)cc1Br. The number of esters is 1. The lowest BCUT2D eigenvalue weighted by Gasteiger charge is -2.22. The molecule has 0 unspecified atom stereocenters. The number of rotatable bonds is 8. The Balaban J connectivity index is 1.65. The molecule has 5 rings (SSSR count). The highest BCUT2D eigenvalue weighted by Crippen LogP contribution is 2.37. The van der Waals surface area contributed by atoms with Crippen molar-refractivity contribution in [1.29, 1.82) is 0 Å². The molecule has 4 aromatic rings. The van der Waals surface area contributed by atoms with E-state index in [1.807, 2.05) is 12.1 Å². The van der Waals surface area contributed by atoms with Crippen molar-refractivity contribution in [2.75, 3.05) is 13.2 Å². The molecule has 7 nitrogen and oxygen atoms in total. The van der Waals surface area contributed by atoms with Crippen molar-refractivity contribution in [2.45, 2.75) is 19.9 Å². The second kappa shape index (κ2) is 12.8. The molecule has 1 aliphatic rings. The van der Waals surface area contributed by atoms with E-state index in [9.17, 15) is 9.59 Å². The van der Waals surface area contributed by atoms with Gasteiger partial charge in [-0.25, -0.2) is 9.79 Å². The first kappa shape index (κ1) is 30.6. The van der Waals surface area contributed by atoms with Crippen LogP contribution in [0, 0.1) is 0 Å². The summed E-state index contributed by atoms with van der Waals surface area (Å²) in [6.07, 6.45) is 3.42. The van der Waals surface area contributed by atoms with Crippen LogP contribution >= 0.6 is 66.4 Å². The van der Waals surface area contributed by atoms with E-state index in [0.29, 0.717) is 63.5 Å². The maximum Gasteiger partial charge on any atom is 0.338 e. The molecule has 2 aromatic heterocycles. The van der Waals surface area contributed by atoms with Crippen LogP contribution in [0.2, 0.25) is 10.0 Å². The lowest BCUT2D eigenvalue weighted by Crippen LogP contribution is -2.39. The van der Waals surface area contributed by atoms with Gasteiger partial charge in [0.2, 0.25) is 0 Å². The van der Waals surface area contributed by atoms with Crippen LogP contribution in [-0.4, -0.2) is 23.8 Å². The van der Waals surface area contributed by atoms with Gasteiger partial charge in [-0.15, -0.1) is 0 Å². The first-order valence-corrected chi connectivity index (χ1v) is 15.8. The van der Waals surface area contributed by atoms with E-state index >= 15 is 0 Å². The van der Waals surface area contributed by atoms with E-state index in [-0.39, 0.29) is 17.7 Å². The van der Waals surface area contributed by atoms with E-state index in [0.717, 1.165) is 5.56 Å². The molecule has 0 amide bonds. The molecule has 0 fully saturated rings. The summed E-state index contributed by atoms with van der Waals surface area (Å²) >= 11 is 20.6. The van der Waals surface area contributed by atoms with E-state index in [2.05, 4.69) is 43.4 Å². The molecule has 1 aliphatic heterocycles. The zero-order chi connectivity index (χ0) is 30.1. The standard InChI is InChI=1S/C30H22Br2Cl2N2O5S/c1-4-10-40-27-18(31)11-16(12-19(27)32)13-24-28(37)36-26(25(29(38)39-5-2)15(3)35-30(36)42-24)23-9-8-22(41-23)17-6-7-20(33)21(34)14-17/h4,6-9,11-14,26H,1,5,10H2,2-3H3/b24-13-/t26-/m0/s1. The van der Waals surface area contributed by atoms with Crippen LogP contribution in [0.5, 0.6) is 5.75 Å². The number of furan rings is 1. The second-order valence-electron chi connectivity index (χ2n) is 9.05. The quantitative estimate of drug-likeness (QED) is 0.138. The van der Waals surface area contributed by atoms with Gasteiger partial charge in [0.05, 0.1) is 41.4 Å². The Bertz CT molecular complexity index is 1920. The minimum absolute atomic E-state index is 0.162. The fraction of sp³-hybridized carbons (Fsp3) is 0.167. The van der Waals surface area contributed by atoms with Crippen LogP contribution in [0.3, 0.4) is 0 Å². The van der Waals surface area contributed by atoms with Gasteiger partial charge in [0.1, 0.15) is 29.9 Å². The van der Waals surface area contributed by atoms with E-state index < -0.39 is 12.0 Å². The van der Waals surface area contributed by atoms with E-state index in [1.54, 1.807) is 56.3 Å². The van der Waals surface area contributed by atoms with Crippen molar-refractivity contribution in [3.63, 3.8) is 0 Å². The number of allylic oxidation sites excluding steroid dienone is 1. The number of hydrogen-bond acceptors (Lipinski definition) is 7. The fourth-order valence-corrected chi connectivity index (χ4v) is 7.25. The zero-order valence-corrected chi connectivity index (χ0v) is 27.8. The average Bonchev–Trinajstić information content (AvgIpc) is 3.54. The lowest BCUT2D eigenvalue weighted by atomic mass is 10.0. The van der Waals surface area contributed by atoms with Gasteiger partial charge in [0.15, 0.2) is 4.80 Å². The van der Waals surface area contributed by atoms with Crippen molar-refractivity contribution < 1.29 is 18.7 Å². The molecule has 0 N–H and O–H groups in total. The number of ether oxygens (including phenoxy) is 2. The normalized spacial score (nSPS) is 14.9. The monoisotopic (exact) mass is 750 g/mol. The third kappa shape index (κ3) is 5.96. The van der Waals surface area contributed by atoms with Crippen LogP contribution in [0.15, 0.2) is 89.5 Å². The molecule has 42 heavy (non-hydrogen) atoms. The average molecular weight is 753 g/mol. The van der Waals surface area contributed by atoms with Crippen LogP contribution in [-0.2, 0) is 9.53 Å². The van der Waals surface area contributed by atoms with Gasteiger partial charge in [0.25, 0.3) is 5.56 Å². The Morgan fingerprint density at radius 3 is 2.57 bits per heavy atom. The highest BCUT2D eigenvalue weighted by Gasteiger charge is 2.35. The summed E-state index contributed by atoms with van der Waals surface area (Å²) in [6, 6.07) is 11.4. The first-order chi connectivity index (χ1) is 20.1. The maximum absolute atomic E-state index is 13.9. The number of aromatic nitrogens is 1. The maximum atomic E-state index is 13.9. The van der Waals surface area contributed by atoms with Crippen molar-refractivity contribution in [3.8, 4) is 17.1 Å². The van der Waals surface area contributed by atoms with Crippen molar-refractivity contribution in [1.82, 2.24) is 4.57 Å². The van der Waals surface area contributed by atoms with Gasteiger partial charge < -0.3 is 13.9 Å². The summed E-state index contributed by atoms with van der Waals surface area (Å²) in [5.74, 6) is 0.916. The summed E-state index contributed by atoms with van der Waals surface area (Å²) in [5.41, 5.74) is 1.78. The molecule has 0 radical (unpaired) electrons. The number of hydrogen-bond donors (Lipinski definition) is 0. The molecular formula is C30H22Br2Cl2N2O5S. The molecule has 0 saturated carbocycles. The van der Waals surface area contributed by atoms with Gasteiger partial charge in [0, 0.05) is 5.56 Å². The molecule has 3 heterocycles. The minimum atomic E-state index is -0.896.